The van der Waals surface area contributed by atoms with Gasteiger partial charge in [-0.25, -0.2) is 0 Å². The van der Waals surface area contributed by atoms with Crippen LogP contribution in [0.2, 0.25) is 0 Å². The van der Waals surface area contributed by atoms with Crippen LogP contribution in [0.5, 0.6) is 0 Å². The van der Waals surface area contributed by atoms with Crippen molar-refractivity contribution in [2.75, 3.05) is 0 Å². The Bertz CT molecular complexity index is 2230. The van der Waals surface area contributed by atoms with E-state index >= 15 is 0 Å². The summed E-state index contributed by atoms with van der Waals surface area (Å²) in [5.74, 6) is 0. The van der Waals surface area contributed by atoms with E-state index in [9.17, 15) is 0 Å². The van der Waals surface area contributed by atoms with Crippen LogP contribution in [0.25, 0.3) is 32.3 Å². The molecule has 8 rings (SSSR count). The minimum absolute atomic E-state index is 1.16. The first-order valence-electron chi connectivity index (χ1n) is 15.5. The molecule has 0 N–H and O–H groups in total. The number of benzene rings is 6. The SMILES string of the molecule is CCCCCc1ccc2c(c1)=c1c3ccccc3c3c4c(c5ccccc5c=2c14)=c1cc(CCCCC)ccc1=3. The molecule has 0 nitrogen and oxygen atoms in total. The van der Waals surface area contributed by atoms with Crippen LogP contribution in [-0.4, -0.2) is 0 Å². The molecule has 0 aromatic heterocycles. The Labute approximate surface area is 234 Å². The molecule has 0 unspecified atom stereocenters. The molecule has 0 saturated heterocycles. The van der Waals surface area contributed by atoms with E-state index in [1.807, 2.05) is 0 Å². The summed E-state index contributed by atoms with van der Waals surface area (Å²) in [4.78, 5) is 0. The Morgan fingerprint density at radius 1 is 0.400 bits per heavy atom. The van der Waals surface area contributed by atoms with Gasteiger partial charge >= 0.3 is 0 Å². The van der Waals surface area contributed by atoms with E-state index < -0.39 is 0 Å². The fourth-order valence-electron chi connectivity index (χ4n) is 7.75. The lowest BCUT2D eigenvalue weighted by Gasteiger charge is -2.08. The molecule has 0 atom stereocenters. The summed E-state index contributed by atoms with van der Waals surface area (Å²) in [6.07, 6.45) is 9.97. The minimum Gasteiger partial charge on any atom is -0.0654 e. The van der Waals surface area contributed by atoms with Gasteiger partial charge in [-0.15, -0.1) is 0 Å². The third-order valence-corrected chi connectivity index (χ3v) is 9.56. The van der Waals surface area contributed by atoms with E-state index in [0.717, 1.165) is 12.8 Å². The van der Waals surface area contributed by atoms with Gasteiger partial charge in [0.2, 0.25) is 0 Å². The predicted octanol–water partition coefficient (Wildman–Crippen LogP) is 10.4. The van der Waals surface area contributed by atoms with Gasteiger partial charge in [0.25, 0.3) is 0 Å². The number of hydrogen-bond donors (Lipinski definition) is 0. The van der Waals surface area contributed by atoms with Gasteiger partial charge in [0.05, 0.1) is 0 Å². The molecule has 6 aromatic rings. The number of unbranched alkanes of at least 4 members (excludes halogenated alkanes) is 4. The predicted molar refractivity (Wildman–Crippen MR) is 169 cm³/mol. The Hall–Kier alpha value is -3.90. The molecule has 2 aliphatic rings. The molecule has 0 saturated carbocycles. The molecule has 0 heterocycles. The Balaban J connectivity index is 1.63. The van der Waals surface area contributed by atoms with E-state index in [1.165, 1.54) is 124 Å². The normalized spacial score (nSPS) is 12.6. The zero-order valence-electron chi connectivity index (χ0n) is 23.7. The lowest BCUT2D eigenvalue weighted by Crippen LogP contribution is -1.87. The van der Waals surface area contributed by atoms with Gasteiger partial charge in [-0.1, -0.05) is 124 Å². The molecule has 0 aliphatic heterocycles. The second-order valence-corrected chi connectivity index (χ2v) is 12.0. The number of aryl methyl sites for hydroxylation is 2. The Morgan fingerprint density at radius 2 is 0.775 bits per heavy atom. The average molecular weight is 517 g/mol. The van der Waals surface area contributed by atoms with Crippen molar-refractivity contribution in [1.29, 1.82) is 0 Å². The third-order valence-electron chi connectivity index (χ3n) is 9.56. The maximum atomic E-state index is 2.52. The highest BCUT2D eigenvalue weighted by molar-refractivity contribution is 6.08. The molecule has 0 bridgehead atoms. The van der Waals surface area contributed by atoms with Crippen molar-refractivity contribution in [3.05, 3.63) is 138 Å². The molecule has 0 amide bonds. The van der Waals surface area contributed by atoms with Crippen molar-refractivity contribution in [3.63, 3.8) is 0 Å². The van der Waals surface area contributed by atoms with Gasteiger partial charge in [0, 0.05) is 0 Å². The van der Waals surface area contributed by atoms with Gasteiger partial charge in [0.15, 0.2) is 0 Å². The summed E-state index contributed by atoms with van der Waals surface area (Å²) >= 11 is 0. The summed E-state index contributed by atoms with van der Waals surface area (Å²) in [5.41, 5.74) is 2.95. The fourth-order valence-corrected chi connectivity index (χ4v) is 7.75. The van der Waals surface area contributed by atoms with Crippen molar-refractivity contribution >= 4 is 32.3 Å². The smallest absolute Gasteiger partial charge is 0.0000935 e. The van der Waals surface area contributed by atoms with Crippen molar-refractivity contribution in [2.45, 2.75) is 65.2 Å². The van der Waals surface area contributed by atoms with Crippen LogP contribution in [0, 0.1) is 41.7 Å². The summed E-state index contributed by atoms with van der Waals surface area (Å²) in [6.45, 7) is 4.58. The number of fused-ring (bicyclic) bond motifs is 8. The van der Waals surface area contributed by atoms with Crippen LogP contribution in [-0.2, 0) is 12.8 Å². The zero-order valence-corrected chi connectivity index (χ0v) is 23.7. The van der Waals surface area contributed by atoms with E-state index in [2.05, 4.69) is 98.8 Å². The van der Waals surface area contributed by atoms with Gasteiger partial charge < -0.3 is 0 Å². The van der Waals surface area contributed by atoms with E-state index in [1.54, 1.807) is 0 Å². The quantitative estimate of drug-likeness (QED) is 0.139. The third kappa shape index (κ3) is 3.32. The van der Waals surface area contributed by atoms with Crippen LogP contribution in [0.4, 0.5) is 0 Å². The maximum absolute atomic E-state index is 2.52. The fraction of sp³-hybridized carbons (Fsp3) is 0.250. The standard InChI is InChI=1S/C40H36/c1-3-5-7-13-25-19-21-31-33(23-25)37-29-17-11-9-15-27(29)36-32-22-20-26(14-8-6-4-2)24-34(32)38-30-18-12-10-16-28(30)35(31)39(37)40(36)38/h9-12,15-24H,3-8,13-14H2,1-2H3. The van der Waals surface area contributed by atoms with Crippen molar-refractivity contribution in [3.8, 4) is 0 Å². The van der Waals surface area contributed by atoms with Crippen LogP contribution in [0.1, 0.15) is 63.5 Å². The van der Waals surface area contributed by atoms with Crippen LogP contribution < -0.4 is 0 Å². The number of rotatable bonds is 8. The highest BCUT2D eigenvalue weighted by atomic mass is 14.2. The largest absolute Gasteiger partial charge is 0.0654 e. The van der Waals surface area contributed by atoms with Gasteiger partial charge in [0.1, 0.15) is 0 Å². The van der Waals surface area contributed by atoms with Crippen molar-refractivity contribution in [1.82, 2.24) is 0 Å². The Kier molecular flexibility index (Phi) is 5.59. The summed E-state index contributed by atoms with van der Waals surface area (Å²) < 4.78 is 0. The van der Waals surface area contributed by atoms with Crippen molar-refractivity contribution in [2.24, 2.45) is 0 Å². The van der Waals surface area contributed by atoms with E-state index in [0.29, 0.717) is 0 Å². The molecule has 0 radical (unpaired) electrons. The summed E-state index contributed by atoms with van der Waals surface area (Å²) in [5, 5.41) is 20.1. The van der Waals surface area contributed by atoms with E-state index in [-0.39, 0.29) is 0 Å². The summed E-state index contributed by atoms with van der Waals surface area (Å²) in [7, 11) is 0. The lowest BCUT2D eigenvalue weighted by molar-refractivity contribution is 0.717. The second-order valence-electron chi connectivity index (χ2n) is 12.0. The molecule has 0 spiro atoms. The maximum Gasteiger partial charge on any atom is -0.0000935 e. The number of hydrogen-bond acceptors (Lipinski definition) is 0. The molecule has 0 heteroatoms. The van der Waals surface area contributed by atoms with E-state index in [4.69, 9.17) is 0 Å². The first-order valence-corrected chi connectivity index (χ1v) is 15.5. The molecular weight excluding hydrogens is 480 g/mol. The average Bonchev–Trinajstić information content (AvgIpc) is 3.51. The van der Waals surface area contributed by atoms with Gasteiger partial charge in [-0.3, -0.25) is 0 Å². The molecule has 0 fully saturated rings. The van der Waals surface area contributed by atoms with Crippen LogP contribution >= 0.6 is 0 Å². The Morgan fingerprint density at radius 3 is 1.15 bits per heavy atom. The first-order chi connectivity index (χ1) is 19.8. The molecule has 6 aromatic carbocycles. The molecule has 2 aliphatic carbocycles. The highest BCUT2D eigenvalue weighted by Gasteiger charge is 2.20. The summed E-state index contributed by atoms with van der Waals surface area (Å²) in [6, 6.07) is 33.1. The lowest BCUT2D eigenvalue weighted by atomic mass is 9.94. The van der Waals surface area contributed by atoms with Gasteiger partial charge in [-0.05, 0) is 111 Å². The molecular formula is C40H36. The van der Waals surface area contributed by atoms with Gasteiger partial charge in [-0.2, -0.15) is 0 Å². The minimum atomic E-state index is 1.16. The molecule has 196 valence electrons. The first kappa shape index (κ1) is 23.9. The highest BCUT2D eigenvalue weighted by Crippen LogP contribution is 2.39. The zero-order chi connectivity index (χ0) is 26.8. The second kappa shape index (κ2) is 9.34. The topological polar surface area (TPSA) is 0 Å². The van der Waals surface area contributed by atoms with Crippen LogP contribution in [0.3, 0.4) is 0 Å². The molecule has 40 heavy (non-hydrogen) atoms. The van der Waals surface area contributed by atoms with Crippen molar-refractivity contribution < 1.29 is 0 Å². The monoisotopic (exact) mass is 516 g/mol. The van der Waals surface area contributed by atoms with Crippen LogP contribution in [0.15, 0.2) is 84.9 Å².